The van der Waals surface area contributed by atoms with Crippen LogP contribution in [0.15, 0.2) is 12.7 Å². The highest BCUT2D eigenvalue weighted by Crippen LogP contribution is 1.59. The molecule has 7 heavy (non-hydrogen) atoms. The molecule has 0 atom stereocenters. The molecule has 0 amide bonds. The number of rotatable bonds is 2. The Morgan fingerprint density at radius 1 is 1.86 bits per heavy atom. The Balaban J connectivity index is 0. The van der Waals surface area contributed by atoms with Crippen LogP contribution in [0.5, 0.6) is 0 Å². The summed E-state index contributed by atoms with van der Waals surface area (Å²) in [4.78, 5) is 10.0. The molecule has 0 aliphatic heterocycles. The molecule has 0 rings (SSSR count). The number of carbonyl (C=O) groups excluding carboxylic acids is 1. The first-order valence-electron chi connectivity index (χ1n) is 1.75. The molecule has 0 heterocycles. The van der Waals surface area contributed by atoms with E-state index in [0.717, 1.165) is 0 Å². The first-order chi connectivity index (χ1) is 2.81. The van der Waals surface area contributed by atoms with Gasteiger partial charge in [-0.05, 0) is 6.08 Å². The second-order valence-electron chi connectivity index (χ2n) is 0.920. The largest absolute Gasteiger partial charge is 1.00 e. The van der Waals surface area contributed by atoms with Gasteiger partial charge in [0.2, 0.25) is 5.78 Å². The summed E-state index contributed by atoms with van der Waals surface area (Å²) in [6, 6.07) is 0. The van der Waals surface area contributed by atoms with Gasteiger partial charge in [0.25, 0.3) is 0 Å². The minimum absolute atomic E-state index is 0. The maximum absolute atomic E-state index is 10.0. The smallest absolute Gasteiger partial charge is 0.208 e. The van der Waals surface area contributed by atoms with Crippen molar-refractivity contribution in [3.63, 3.8) is 0 Å². The highest BCUT2D eigenvalue weighted by Gasteiger charge is 1.85. The lowest BCUT2D eigenvalue weighted by Gasteiger charge is -1.73. The van der Waals surface area contributed by atoms with Gasteiger partial charge in [0, 0.05) is 0 Å². The normalized spacial score (nSPS) is 6.43. The average molecular weight is 122 g/mol. The fraction of sp³-hybridized carbons (Fsp3) is 0.250. The van der Waals surface area contributed by atoms with Gasteiger partial charge in [-0.3, -0.25) is 4.79 Å². The Hall–Kier alpha value is -0.340. The molecule has 0 aromatic rings. The summed E-state index contributed by atoms with van der Waals surface area (Å²) in [6.07, 6.45) is 1.27. The van der Waals surface area contributed by atoms with E-state index in [4.69, 9.17) is 0 Å². The maximum atomic E-state index is 10.0. The molecule has 3 heteroatoms. The fourth-order valence-corrected chi connectivity index (χ4v) is 0.102. The minimum Gasteiger partial charge on any atom is -1.00 e. The van der Waals surface area contributed by atoms with Crippen LogP contribution >= 0.6 is 0 Å². The van der Waals surface area contributed by atoms with Crippen molar-refractivity contribution >= 4 is 5.78 Å². The minimum atomic E-state index is -0.00463. The van der Waals surface area contributed by atoms with Crippen LogP contribution in [-0.4, -0.2) is 12.3 Å². The third-order valence-corrected chi connectivity index (χ3v) is 0.474. The zero-order valence-electron chi connectivity index (χ0n) is 3.98. The van der Waals surface area contributed by atoms with Crippen LogP contribution in [0.25, 0.3) is 0 Å². The van der Waals surface area contributed by atoms with Crippen LogP contribution in [-0.2, 0) is 4.79 Å². The molecule has 0 saturated heterocycles. The summed E-state index contributed by atoms with van der Waals surface area (Å²) in [7, 11) is 0. The molecular weight excluding hydrogens is 114 g/mol. The third kappa shape index (κ3) is 5.66. The Labute approximate surface area is 48.8 Å². The van der Waals surface area contributed by atoms with Crippen LogP contribution in [0.1, 0.15) is 0 Å². The lowest BCUT2D eigenvalue weighted by Crippen LogP contribution is -3.00. The van der Waals surface area contributed by atoms with E-state index in [-0.39, 0.29) is 18.2 Å². The van der Waals surface area contributed by atoms with E-state index in [1.807, 2.05) is 0 Å². The Morgan fingerprint density at radius 2 is 2.29 bits per heavy atom. The third-order valence-electron chi connectivity index (χ3n) is 0.474. The van der Waals surface area contributed by atoms with Crippen LogP contribution in [0.4, 0.5) is 0 Å². The Morgan fingerprint density at radius 3 is 2.29 bits per heavy atom. The molecule has 0 aromatic heterocycles. The number of hydrogen-bond acceptors (Lipinski definition) is 1. The van der Waals surface area contributed by atoms with Gasteiger partial charge < -0.3 is 18.1 Å². The SMILES string of the molecule is C=CC(=O)C[NH3+].[Cl-]. The summed E-state index contributed by atoms with van der Waals surface area (Å²) < 4.78 is 0. The van der Waals surface area contributed by atoms with Gasteiger partial charge in [-0.15, -0.1) is 0 Å². The van der Waals surface area contributed by atoms with Gasteiger partial charge in [-0.2, -0.15) is 0 Å². The lowest BCUT2D eigenvalue weighted by molar-refractivity contribution is -0.353. The van der Waals surface area contributed by atoms with E-state index in [9.17, 15) is 4.79 Å². The molecule has 0 saturated carbocycles. The average Bonchev–Trinajstić information content (AvgIpc) is 1.65. The number of hydrogen-bond donors (Lipinski definition) is 1. The van der Waals surface area contributed by atoms with E-state index in [1.54, 1.807) is 0 Å². The molecule has 0 spiro atoms. The van der Waals surface area contributed by atoms with Crippen molar-refractivity contribution in [1.29, 1.82) is 0 Å². The molecular formula is C4H8ClNO. The van der Waals surface area contributed by atoms with Crippen molar-refractivity contribution in [2.24, 2.45) is 0 Å². The first kappa shape index (κ1) is 9.83. The summed E-state index contributed by atoms with van der Waals surface area (Å²) >= 11 is 0. The summed E-state index contributed by atoms with van der Waals surface area (Å²) in [6.45, 7) is 3.56. The van der Waals surface area contributed by atoms with Gasteiger partial charge in [0.1, 0.15) is 6.54 Å². The van der Waals surface area contributed by atoms with Gasteiger partial charge in [0.05, 0.1) is 0 Å². The number of quaternary nitrogens is 1. The lowest BCUT2D eigenvalue weighted by atomic mass is 10.4. The Kier molecular flexibility index (Phi) is 7.94. The molecule has 0 unspecified atom stereocenters. The van der Waals surface area contributed by atoms with Gasteiger partial charge in [-0.25, -0.2) is 0 Å². The predicted octanol–water partition coefficient (Wildman–Crippen LogP) is -4.01. The van der Waals surface area contributed by atoms with E-state index in [0.29, 0.717) is 6.54 Å². The van der Waals surface area contributed by atoms with E-state index >= 15 is 0 Å². The fourth-order valence-electron chi connectivity index (χ4n) is 0.102. The molecule has 2 nitrogen and oxygen atoms in total. The molecule has 0 aliphatic rings. The number of halogens is 1. The molecule has 0 aromatic carbocycles. The van der Waals surface area contributed by atoms with Crippen molar-refractivity contribution in [2.75, 3.05) is 6.54 Å². The topological polar surface area (TPSA) is 44.7 Å². The van der Waals surface area contributed by atoms with Gasteiger partial charge in [-0.1, -0.05) is 6.58 Å². The molecule has 3 N–H and O–H groups in total. The van der Waals surface area contributed by atoms with E-state index in [1.165, 1.54) is 6.08 Å². The van der Waals surface area contributed by atoms with Crippen molar-refractivity contribution < 1.29 is 22.9 Å². The standard InChI is InChI=1S/C4H7NO.ClH/c1-2-4(6)3-5;/h2H,1,3,5H2;1H. The Bertz CT molecular complexity index is 72.1. The zero-order valence-corrected chi connectivity index (χ0v) is 4.74. The first-order valence-corrected chi connectivity index (χ1v) is 1.75. The molecule has 0 fully saturated rings. The summed E-state index contributed by atoms with van der Waals surface area (Å²) in [5, 5.41) is 0. The van der Waals surface area contributed by atoms with Crippen molar-refractivity contribution in [3.05, 3.63) is 12.7 Å². The predicted molar refractivity (Wildman–Crippen MR) is 23.0 cm³/mol. The molecule has 42 valence electrons. The van der Waals surface area contributed by atoms with Crippen molar-refractivity contribution in [2.45, 2.75) is 0 Å². The van der Waals surface area contributed by atoms with Gasteiger partial charge in [0.15, 0.2) is 0 Å². The van der Waals surface area contributed by atoms with E-state index in [2.05, 4.69) is 12.3 Å². The van der Waals surface area contributed by atoms with E-state index < -0.39 is 0 Å². The number of ketones is 1. The van der Waals surface area contributed by atoms with Crippen LogP contribution in [0, 0.1) is 0 Å². The van der Waals surface area contributed by atoms with Crippen LogP contribution in [0.3, 0.4) is 0 Å². The summed E-state index contributed by atoms with van der Waals surface area (Å²) in [5.74, 6) is -0.00463. The van der Waals surface area contributed by atoms with Crippen molar-refractivity contribution in [1.82, 2.24) is 0 Å². The number of carbonyl (C=O) groups is 1. The molecule has 0 aliphatic carbocycles. The summed E-state index contributed by atoms with van der Waals surface area (Å²) in [5.41, 5.74) is 3.34. The van der Waals surface area contributed by atoms with Crippen LogP contribution in [0.2, 0.25) is 0 Å². The zero-order chi connectivity index (χ0) is 4.99. The van der Waals surface area contributed by atoms with Crippen LogP contribution < -0.4 is 18.1 Å². The quantitative estimate of drug-likeness (QED) is 0.372. The van der Waals surface area contributed by atoms with Crippen molar-refractivity contribution in [3.8, 4) is 0 Å². The second kappa shape index (κ2) is 5.66. The molecule has 0 bridgehead atoms. The highest BCUT2D eigenvalue weighted by molar-refractivity contribution is 5.89. The molecule has 0 radical (unpaired) electrons. The highest BCUT2D eigenvalue weighted by atomic mass is 35.5. The maximum Gasteiger partial charge on any atom is 0.208 e. The van der Waals surface area contributed by atoms with Gasteiger partial charge >= 0.3 is 0 Å². The monoisotopic (exact) mass is 121 g/mol. The second-order valence-corrected chi connectivity index (χ2v) is 0.920.